The molecule has 1 N–H and O–H groups in total. The number of fused-ring (bicyclic) bond motifs is 1. The molecule has 2 heterocycles. The van der Waals surface area contributed by atoms with Crippen LogP contribution in [0.3, 0.4) is 0 Å². The molecule has 2 aromatic heterocycles. The van der Waals surface area contributed by atoms with Crippen molar-refractivity contribution in [2.24, 2.45) is 0 Å². The van der Waals surface area contributed by atoms with Crippen molar-refractivity contribution < 1.29 is 9.53 Å². The van der Waals surface area contributed by atoms with Crippen LogP contribution in [0.15, 0.2) is 40.1 Å². The molecule has 3 aromatic rings. The fraction of sp³-hybridized carbons (Fsp3) is 0.364. The average Bonchev–Trinajstić information content (AvgIpc) is 3.51. The number of aryl methyl sites for hydroxylation is 2. The van der Waals surface area contributed by atoms with Gasteiger partial charge in [0.05, 0.1) is 17.5 Å². The summed E-state index contributed by atoms with van der Waals surface area (Å²) < 4.78 is 7.28. The Balaban J connectivity index is 1.49. The van der Waals surface area contributed by atoms with E-state index in [4.69, 9.17) is 4.74 Å². The van der Waals surface area contributed by atoms with Crippen LogP contribution in [0.25, 0.3) is 11.0 Å². The van der Waals surface area contributed by atoms with Crippen LogP contribution in [0.4, 0.5) is 0 Å². The number of aromatic nitrogens is 3. The van der Waals surface area contributed by atoms with E-state index in [-0.39, 0.29) is 17.3 Å². The van der Waals surface area contributed by atoms with Crippen molar-refractivity contribution in [3.05, 3.63) is 68.0 Å². The number of nitrogens with zero attached hydrogens (tertiary/aromatic N) is 3. The van der Waals surface area contributed by atoms with Gasteiger partial charge in [-0.05, 0) is 56.0 Å². The molecule has 0 unspecified atom stereocenters. The number of benzene rings is 1. The zero-order valence-corrected chi connectivity index (χ0v) is 17.3. The molecule has 8 heteroatoms. The number of pyridine rings is 1. The monoisotopic (exact) mass is 408 g/mol. The second kappa shape index (κ2) is 7.78. The Morgan fingerprint density at radius 3 is 2.57 bits per heavy atom. The van der Waals surface area contributed by atoms with Crippen LogP contribution in [0.2, 0.25) is 0 Å². The maximum absolute atomic E-state index is 12.8. The van der Waals surface area contributed by atoms with E-state index in [2.05, 4.69) is 16.0 Å². The van der Waals surface area contributed by atoms with Gasteiger partial charge >= 0.3 is 5.69 Å². The largest absolute Gasteiger partial charge is 0.492 e. The highest BCUT2D eigenvalue weighted by molar-refractivity contribution is 5.96. The van der Waals surface area contributed by atoms with Crippen molar-refractivity contribution in [2.45, 2.75) is 32.7 Å². The second-order valence-corrected chi connectivity index (χ2v) is 7.85. The third-order valence-electron chi connectivity index (χ3n) is 5.18. The van der Waals surface area contributed by atoms with Crippen LogP contribution in [-0.2, 0) is 0 Å². The molecule has 156 valence electrons. The van der Waals surface area contributed by atoms with Crippen molar-refractivity contribution in [1.29, 1.82) is 0 Å². The molecule has 1 amide bonds. The maximum Gasteiger partial charge on any atom is 0.330 e. The van der Waals surface area contributed by atoms with Gasteiger partial charge < -0.3 is 9.64 Å². The highest BCUT2D eigenvalue weighted by atomic mass is 16.5. The van der Waals surface area contributed by atoms with Gasteiger partial charge in [0.15, 0.2) is 0 Å². The molecule has 0 radical (unpaired) electrons. The Labute approximate surface area is 173 Å². The van der Waals surface area contributed by atoms with Crippen molar-refractivity contribution >= 4 is 16.9 Å². The number of carbonyl (C=O) groups is 1. The number of hydrogen-bond donors (Lipinski definition) is 1. The number of ether oxygens (including phenoxy) is 1. The lowest BCUT2D eigenvalue weighted by molar-refractivity contribution is 0.0773. The minimum absolute atomic E-state index is 0.0657. The number of amides is 1. The molecular weight excluding hydrogens is 384 g/mol. The molecule has 1 saturated carbocycles. The van der Waals surface area contributed by atoms with E-state index in [1.54, 1.807) is 7.05 Å². The minimum atomic E-state index is -0.533. The summed E-state index contributed by atoms with van der Waals surface area (Å²) in [6.07, 6.45) is 3.18. The lowest BCUT2D eigenvalue weighted by Gasteiger charge is -2.18. The molecule has 1 fully saturated rings. The third-order valence-corrected chi connectivity index (χ3v) is 5.18. The van der Waals surface area contributed by atoms with Gasteiger partial charge in [0.25, 0.3) is 11.5 Å². The Hall–Kier alpha value is -3.42. The fourth-order valence-electron chi connectivity index (χ4n) is 3.56. The van der Waals surface area contributed by atoms with Crippen LogP contribution >= 0.6 is 0 Å². The Kier molecular flexibility index (Phi) is 5.15. The number of likely N-dealkylation sites (N-methyl/N-ethyl adjacent to an activating group) is 1. The highest BCUT2D eigenvalue weighted by Crippen LogP contribution is 2.34. The predicted octanol–water partition coefficient (Wildman–Crippen LogP) is 2.19. The number of hydrogen-bond acceptors (Lipinski definition) is 5. The van der Waals surface area contributed by atoms with Gasteiger partial charge in [0.2, 0.25) is 0 Å². The highest BCUT2D eigenvalue weighted by Gasteiger charge is 2.28. The maximum atomic E-state index is 12.8. The summed E-state index contributed by atoms with van der Waals surface area (Å²) in [5.74, 6) is 0.502. The molecule has 4 rings (SSSR count). The lowest BCUT2D eigenvalue weighted by atomic mass is 10.1. The van der Waals surface area contributed by atoms with Gasteiger partial charge in [-0.15, -0.1) is 0 Å². The first-order valence-electron chi connectivity index (χ1n) is 9.94. The van der Waals surface area contributed by atoms with E-state index in [9.17, 15) is 14.4 Å². The predicted molar refractivity (Wildman–Crippen MR) is 113 cm³/mol. The molecular formula is C22H24N4O4. The van der Waals surface area contributed by atoms with E-state index in [1.165, 1.54) is 21.7 Å². The van der Waals surface area contributed by atoms with Gasteiger partial charge in [-0.25, -0.2) is 9.78 Å². The lowest BCUT2D eigenvalue weighted by Crippen LogP contribution is -2.32. The number of nitrogens with one attached hydrogen (secondary N) is 1. The van der Waals surface area contributed by atoms with Crippen LogP contribution in [-0.4, -0.2) is 45.5 Å². The van der Waals surface area contributed by atoms with Crippen molar-refractivity contribution in [2.75, 3.05) is 20.2 Å². The first-order valence-corrected chi connectivity index (χ1v) is 9.94. The smallest absolute Gasteiger partial charge is 0.330 e. The third kappa shape index (κ3) is 3.98. The molecule has 8 nitrogen and oxygen atoms in total. The summed E-state index contributed by atoms with van der Waals surface area (Å²) in [7, 11) is 1.67. The molecule has 30 heavy (non-hydrogen) atoms. The van der Waals surface area contributed by atoms with Gasteiger partial charge in [-0.1, -0.05) is 6.07 Å². The first kappa shape index (κ1) is 19.9. The Bertz CT molecular complexity index is 1220. The van der Waals surface area contributed by atoms with Gasteiger partial charge in [0, 0.05) is 19.3 Å². The quantitative estimate of drug-likeness (QED) is 0.674. The zero-order valence-electron chi connectivity index (χ0n) is 17.3. The van der Waals surface area contributed by atoms with Crippen molar-refractivity contribution in [3.8, 4) is 5.75 Å². The van der Waals surface area contributed by atoms with E-state index < -0.39 is 11.2 Å². The van der Waals surface area contributed by atoms with Gasteiger partial charge in [0.1, 0.15) is 18.0 Å². The number of aromatic amines is 1. The second-order valence-electron chi connectivity index (χ2n) is 7.85. The standard InChI is InChI=1S/C22H24N4O4/c1-13-8-14(2)10-17(9-13)30-7-6-25(3)21(28)15-11-18-19(23-12-15)26(16-4-5-16)22(29)24-20(18)27/h8-12,16H,4-7H2,1-3H3,(H,24,27,29). The fourth-order valence-corrected chi connectivity index (χ4v) is 3.56. The number of rotatable bonds is 6. The molecule has 0 spiro atoms. The summed E-state index contributed by atoms with van der Waals surface area (Å²) >= 11 is 0. The minimum Gasteiger partial charge on any atom is -0.492 e. The van der Waals surface area contributed by atoms with Gasteiger partial charge in [-0.3, -0.25) is 19.1 Å². The SMILES string of the molecule is Cc1cc(C)cc(OCCN(C)C(=O)c2cnc3c(c2)c(=O)[nH]c(=O)n3C2CC2)c1. The number of H-pyrrole nitrogens is 1. The summed E-state index contributed by atoms with van der Waals surface area (Å²) in [4.78, 5) is 45.3. The van der Waals surface area contributed by atoms with Crippen LogP contribution in [0, 0.1) is 13.8 Å². The summed E-state index contributed by atoms with van der Waals surface area (Å²) in [5.41, 5.74) is 1.86. The van der Waals surface area contributed by atoms with E-state index in [1.807, 2.05) is 26.0 Å². The Morgan fingerprint density at radius 1 is 1.20 bits per heavy atom. The zero-order chi connectivity index (χ0) is 21.4. The molecule has 1 aliphatic rings. The topological polar surface area (TPSA) is 97.3 Å². The van der Waals surface area contributed by atoms with Crippen LogP contribution in [0.5, 0.6) is 5.75 Å². The molecule has 1 aliphatic carbocycles. The van der Waals surface area contributed by atoms with E-state index in [0.29, 0.717) is 24.4 Å². The van der Waals surface area contributed by atoms with Crippen LogP contribution in [0.1, 0.15) is 40.4 Å². The van der Waals surface area contributed by atoms with E-state index >= 15 is 0 Å². The normalized spacial score (nSPS) is 13.4. The van der Waals surface area contributed by atoms with E-state index in [0.717, 1.165) is 29.7 Å². The summed E-state index contributed by atoms with van der Waals surface area (Å²) in [6.45, 7) is 4.73. The molecule has 0 bridgehead atoms. The average molecular weight is 408 g/mol. The summed E-state index contributed by atoms with van der Waals surface area (Å²) in [6, 6.07) is 7.54. The Morgan fingerprint density at radius 2 is 1.90 bits per heavy atom. The number of carbonyl (C=O) groups excluding carboxylic acids is 1. The molecule has 0 aliphatic heterocycles. The summed E-state index contributed by atoms with van der Waals surface area (Å²) in [5, 5.41) is 0.243. The van der Waals surface area contributed by atoms with Crippen molar-refractivity contribution in [3.63, 3.8) is 0 Å². The van der Waals surface area contributed by atoms with Crippen LogP contribution < -0.4 is 16.0 Å². The van der Waals surface area contributed by atoms with Crippen molar-refractivity contribution in [1.82, 2.24) is 19.4 Å². The molecule has 0 saturated heterocycles. The molecule has 1 aromatic carbocycles. The first-order chi connectivity index (χ1) is 14.3. The molecule has 0 atom stereocenters. The van der Waals surface area contributed by atoms with Gasteiger partial charge in [-0.2, -0.15) is 0 Å².